The van der Waals surface area contributed by atoms with E-state index in [0.717, 1.165) is 6.54 Å². The Bertz CT molecular complexity index is 552. The van der Waals surface area contributed by atoms with Crippen LogP contribution >= 0.6 is 32.3 Å². The van der Waals surface area contributed by atoms with Gasteiger partial charge in [-0.15, -0.1) is 0 Å². The van der Waals surface area contributed by atoms with Gasteiger partial charge in [-0.3, -0.25) is 0 Å². The molecule has 3 rings (SSSR count). The molecule has 1 aliphatic carbocycles. The molecule has 0 spiro atoms. The van der Waals surface area contributed by atoms with E-state index in [1.54, 1.807) is 0 Å². The molecule has 0 aromatic carbocycles. The third-order valence-corrected chi connectivity index (χ3v) is 4.59. The molecule has 94 valence electrons. The summed E-state index contributed by atoms with van der Waals surface area (Å²) >= 11 is 7.25. The van der Waals surface area contributed by atoms with Crippen molar-refractivity contribution in [2.45, 2.75) is 19.9 Å². The average molecular weight is 370 g/mol. The first-order valence-corrected chi connectivity index (χ1v) is 7.35. The van der Waals surface area contributed by atoms with Gasteiger partial charge in [0.15, 0.2) is 0 Å². The van der Waals surface area contributed by atoms with Crippen LogP contribution < -0.4 is 0 Å². The van der Waals surface area contributed by atoms with Crippen molar-refractivity contribution >= 4 is 32.3 Å². The van der Waals surface area contributed by atoms with E-state index >= 15 is 0 Å². The molecule has 2 heterocycles. The molecule has 0 radical (unpaired) electrons. The van der Waals surface area contributed by atoms with Gasteiger partial charge in [0.1, 0.15) is 0 Å². The summed E-state index contributed by atoms with van der Waals surface area (Å²) in [4.78, 5) is 0. The molecular weight excluding hydrogens is 356 g/mol. The second-order valence-electron chi connectivity index (χ2n) is 4.97. The highest BCUT2D eigenvalue weighted by molar-refractivity contribution is 9.07. The Morgan fingerprint density at radius 2 is 1.94 bits per heavy atom. The second kappa shape index (κ2) is 4.42. The summed E-state index contributed by atoms with van der Waals surface area (Å²) in [7, 11) is 0. The number of hydrogen-bond donors (Lipinski definition) is 0. The predicted molar refractivity (Wildman–Crippen MR) is 82.0 cm³/mol. The summed E-state index contributed by atoms with van der Waals surface area (Å²) in [5.41, 5.74) is 6.50. The van der Waals surface area contributed by atoms with Crippen LogP contribution in [0.25, 0.3) is 0 Å². The van der Waals surface area contributed by atoms with E-state index < -0.39 is 0 Å². The van der Waals surface area contributed by atoms with Gasteiger partial charge in [0.25, 0.3) is 0 Å². The second-order valence-corrected chi connectivity index (χ2v) is 6.64. The van der Waals surface area contributed by atoms with Crippen molar-refractivity contribution in [3.63, 3.8) is 0 Å². The summed E-state index contributed by atoms with van der Waals surface area (Å²) in [5, 5.41) is 0. The van der Waals surface area contributed by atoms with E-state index in [1.807, 2.05) is 0 Å². The minimum absolute atomic E-state index is 0.277. The van der Waals surface area contributed by atoms with E-state index in [1.165, 1.54) is 28.0 Å². The van der Waals surface area contributed by atoms with E-state index in [9.17, 15) is 0 Å². The van der Waals surface area contributed by atoms with Crippen LogP contribution in [0.2, 0.25) is 0 Å². The predicted octanol–water partition coefficient (Wildman–Crippen LogP) is 4.21. The van der Waals surface area contributed by atoms with E-state index in [4.69, 9.17) is 0 Å². The number of nitrogens with zero attached hydrogens (tertiary/aromatic N) is 2. The van der Waals surface area contributed by atoms with Gasteiger partial charge in [-0.1, -0.05) is 17.7 Å². The third-order valence-electron chi connectivity index (χ3n) is 3.31. The minimum atomic E-state index is 0.277. The van der Waals surface area contributed by atoms with Crippen molar-refractivity contribution in [1.29, 1.82) is 0 Å². The Kier molecular flexibility index (Phi) is 3.02. The zero-order valence-electron chi connectivity index (χ0n) is 10.3. The topological polar surface area (TPSA) is 6.48 Å². The van der Waals surface area contributed by atoms with Gasteiger partial charge in [0.2, 0.25) is 0 Å². The van der Waals surface area contributed by atoms with Crippen molar-refractivity contribution in [3.8, 4) is 0 Å². The fraction of sp³-hybridized carbons (Fsp3) is 0.286. The normalized spacial score (nSPS) is 26.4. The Hall–Kier alpha value is -0.740. The standard InChI is InChI=1S/C14H14Br2N2/c1-9-3-11-5-12-4-10(2)8-18(16)14(12)6-13(11)17(15)7-9/h3-7,13H,8H2,1-2H3. The van der Waals surface area contributed by atoms with Crippen molar-refractivity contribution in [3.05, 3.63) is 58.5 Å². The van der Waals surface area contributed by atoms with Crippen LogP contribution in [-0.2, 0) is 0 Å². The molecule has 4 heteroatoms. The van der Waals surface area contributed by atoms with Crippen molar-refractivity contribution < 1.29 is 0 Å². The van der Waals surface area contributed by atoms with Gasteiger partial charge in [-0.2, -0.15) is 0 Å². The van der Waals surface area contributed by atoms with Gasteiger partial charge >= 0.3 is 0 Å². The molecule has 0 aromatic rings. The molecular formula is C14H14Br2N2. The van der Waals surface area contributed by atoms with Crippen molar-refractivity contribution in [2.75, 3.05) is 6.54 Å². The largest absolute Gasteiger partial charge is 0.304 e. The highest BCUT2D eigenvalue weighted by Gasteiger charge is 2.28. The van der Waals surface area contributed by atoms with E-state index in [0.29, 0.717) is 0 Å². The zero-order valence-corrected chi connectivity index (χ0v) is 13.5. The Morgan fingerprint density at radius 3 is 2.72 bits per heavy atom. The van der Waals surface area contributed by atoms with Crippen LogP contribution in [0.3, 0.4) is 0 Å². The molecule has 0 saturated carbocycles. The van der Waals surface area contributed by atoms with Gasteiger partial charge in [-0.05, 0) is 42.7 Å². The maximum Gasteiger partial charge on any atom is 0.0854 e. The van der Waals surface area contributed by atoms with E-state index in [2.05, 4.69) is 84.5 Å². The van der Waals surface area contributed by atoms with Crippen molar-refractivity contribution in [1.82, 2.24) is 7.85 Å². The molecule has 0 fully saturated rings. The zero-order chi connectivity index (χ0) is 12.9. The van der Waals surface area contributed by atoms with Crippen LogP contribution in [0.1, 0.15) is 13.8 Å². The molecule has 0 bridgehead atoms. The summed E-state index contributed by atoms with van der Waals surface area (Å²) in [5.74, 6) is 0. The third kappa shape index (κ3) is 2.01. The Balaban J connectivity index is 2.08. The molecule has 0 aromatic heterocycles. The van der Waals surface area contributed by atoms with Crippen LogP contribution in [0.4, 0.5) is 0 Å². The average Bonchev–Trinajstić information content (AvgIpc) is 2.26. The molecule has 1 unspecified atom stereocenters. The van der Waals surface area contributed by atoms with Gasteiger partial charge in [0.05, 0.1) is 34.4 Å². The lowest BCUT2D eigenvalue weighted by molar-refractivity contribution is 0.556. The highest BCUT2D eigenvalue weighted by atomic mass is 79.9. The van der Waals surface area contributed by atoms with Gasteiger partial charge in [-0.25, -0.2) is 0 Å². The molecule has 2 nitrogen and oxygen atoms in total. The van der Waals surface area contributed by atoms with Crippen molar-refractivity contribution in [2.24, 2.45) is 0 Å². The Morgan fingerprint density at radius 1 is 1.17 bits per heavy atom. The highest BCUT2D eigenvalue weighted by Crippen LogP contribution is 2.37. The number of rotatable bonds is 0. The van der Waals surface area contributed by atoms with Crippen LogP contribution in [-0.4, -0.2) is 20.4 Å². The van der Waals surface area contributed by atoms with Gasteiger partial charge in [0, 0.05) is 22.3 Å². The maximum absolute atomic E-state index is 3.63. The van der Waals surface area contributed by atoms with Crippen LogP contribution in [0.15, 0.2) is 58.5 Å². The molecule has 0 saturated heterocycles. The lowest BCUT2D eigenvalue weighted by atomic mass is 9.89. The fourth-order valence-electron chi connectivity index (χ4n) is 2.55. The van der Waals surface area contributed by atoms with Crippen LogP contribution in [0.5, 0.6) is 0 Å². The smallest absolute Gasteiger partial charge is 0.0854 e. The lowest BCUT2D eigenvalue weighted by Crippen LogP contribution is -2.31. The molecule has 2 aliphatic heterocycles. The first kappa shape index (κ1) is 12.3. The summed E-state index contributed by atoms with van der Waals surface area (Å²) < 4.78 is 4.22. The Labute approximate surface area is 125 Å². The van der Waals surface area contributed by atoms with Crippen LogP contribution in [0, 0.1) is 0 Å². The molecule has 1 atom stereocenters. The summed E-state index contributed by atoms with van der Waals surface area (Å²) in [6.07, 6.45) is 11.2. The number of fused-ring (bicyclic) bond motifs is 2. The molecule has 0 N–H and O–H groups in total. The lowest BCUT2D eigenvalue weighted by Gasteiger charge is -2.35. The SMILES string of the molecule is CC1=CN(Br)C2C=C3C(=CC2=C1)C=C(C)CN3Br. The molecule has 0 amide bonds. The monoisotopic (exact) mass is 368 g/mol. The number of allylic oxidation sites excluding steroid dienone is 3. The van der Waals surface area contributed by atoms with Gasteiger partial charge < -0.3 is 7.85 Å². The number of halogens is 2. The first-order chi connectivity index (χ1) is 8.54. The molecule has 3 aliphatic rings. The summed E-state index contributed by atoms with van der Waals surface area (Å²) in [6, 6.07) is 0.277. The quantitative estimate of drug-likeness (QED) is 0.590. The minimum Gasteiger partial charge on any atom is -0.304 e. The maximum atomic E-state index is 3.63. The number of hydrogen-bond acceptors (Lipinski definition) is 2. The molecule has 18 heavy (non-hydrogen) atoms. The fourth-order valence-corrected chi connectivity index (χ4v) is 3.94. The van der Waals surface area contributed by atoms with E-state index in [-0.39, 0.29) is 6.04 Å². The first-order valence-electron chi connectivity index (χ1n) is 5.93. The summed E-state index contributed by atoms with van der Waals surface area (Å²) in [6.45, 7) is 5.22.